The number of rotatable bonds is 2. The van der Waals surface area contributed by atoms with Crippen LogP contribution in [0, 0.1) is 0 Å². The Labute approximate surface area is 118 Å². The number of halogens is 1. The molecule has 0 aliphatic heterocycles. The van der Waals surface area contributed by atoms with Crippen LogP contribution in [0.4, 0.5) is 15.9 Å². The van der Waals surface area contributed by atoms with Gasteiger partial charge in [-0.3, -0.25) is 4.39 Å². The predicted molar refractivity (Wildman–Crippen MR) is 79.6 cm³/mol. The van der Waals surface area contributed by atoms with Crippen LogP contribution in [0.1, 0.15) is 13.8 Å². The highest BCUT2D eigenvalue weighted by Crippen LogP contribution is 2.33. The Kier molecular flexibility index (Phi) is 8.25. The van der Waals surface area contributed by atoms with Gasteiger partial charge in [-0.2, -0.15) is 0 Å². The second-order valence-corrected chi connectivity index (χ2v) is 3.21. The van der Waals surface area contributed by atoms with Gasteiger partial charge in [0.05, 0.1) is 7.18 Å². The average molecular weight is 281 g/mol. The van der Waals surface area contributed by atoms with E-state index in [4.69, 9.17) is 16.2 Å². The minimum absolute atomic E-state index is 0.0351. The number of nitrogen functional groups attached to an aromatic ring is 2. The van der Waals surface area contributed by atoms with E-state index in [2.05, 4.69) is 4.98 Å². The number of pyridine rings is 1. The Bertz CT molecular complexity index is 504. The molecular weight excluding hydrogens is 261 g/mol. The molecule has 5 nitrogen and oxygen atoms in total. The molecule has 20 heavy (non-hydrogen) atoms. The summed E-state index contributed by atoms with van der Waals surface area (Å²) >= 11 is 0. The number of aromatic nitrogens is 1. The van der Waals surface area contributed by atoms with E-state index in [-0.39, 0.29) is 17.3 Å². The Morgan fingerprint density at radius 3 is 2.15 bits per heavy atom. The fourth-order valence-electron chi connectivity index (χ4n) is 1.20. The predicted octanol–water partition coefficient (Wildman–Crippen LogP) is 3.36. The molecule has 2 aromatic rings. The van der Waals surface area contributed by atoms with Crippen LogP contribution in [0.3, 0.4) is 0 Å². The molecule has 1 heterocycles. The van der Waals surface area contributed by atoms with E-state index in [9.17, 15) is 9.50 Å². The Morgan fingerprint density at radius 2 is 1.60 bits per heavy atom. The molecule has 1 aromatic carbocycles. The van der Waals surface area contributed by atoms with Gasteiger partial charge in [0.15, 0.2) is 11.6 Å². The van der Waals surface area contributed by atoms with Crippen molar-refractivity contribution in [3.63, 3.8) is 0 Å². The van der Waals surface area contributed by atoms with E-state index in [1.54, 1.807) is 24.3 Å². The lowest BCUT2D eigenvalue weighted by Crippen LogP contribution is -1.93. The second-order valence-electron chi connectivity index (χ2n) is 3.21. The number of aromatic hydroxyl groups is 1. The molecule has 5 N–H and O–H groups in total. The molecule has 0 aliphatic carbocycles. The quantitative estimate of drug-likeness (QED) is 0.734. The number of anilines is 2. The van der Waals surface area contributed by atoms with Crippen LogP contribution in [-0.2, 0) is 0 Å². The highest BCUT2D eigenvalue weighted by Gasteiger charge is 2.07. The van der Waals surface area contributed by atoms with Crippen LogP contribution >= 0.6 is 0 Å². The third kappa shape index (κ3) is 5.01. The number of ether oxygens (including phenoxy) is 1. The molecule has 0 spiro atoms. The number of nitrogens with two attached hydrogens (primary N) is 2. The van der Waals surface area contributed by atoms with Crippen molar-refractivity contribution < 1.29 is 14.2 Å². The summed E-state index contributed by atoms with van der Waals surface area (Å²) in [6.07, 6.45) is 1.46. The van der Waals surface area contributed by atoms with Crippen LogP contribution in [0.2, 0.25) is 0 Å². The van der Waals surface area contributed by atoms with Gasteiger partial charge in [-0.05, 0) is 24.3 Å². The largest absolute Gasteiger partial charge is 0.502 e. The maximum atomic E-state index is 9.58. The highest BCUT2D eigenvalue weighted by molar-refractivity contribution is 5.55. The fourth-order valence-corrected chi connectivity index (χ4v) is 1.20. The summed E-state index contributed by atoms with van der Waals surface area (Å²) in [5, 5.41) is 9.58. The lowest BCUT2D eigenvalue weighted by Gasteiger charge is -2.08. The first kappa shape index (κ1) is 17.5. The lowest BCUT2D eigenvalue weighted by molar-refractivity contribution is 0.411. The summed E-state index contributed by atoms with van der Waals surface area (Å²) < 4.78 is 14.9. The van der Waals surface area contributed by atoms with Crippen LogP contribution in [-0.4, -0.2) is 17.3 Å². The van der Waals surface area contributed by atoms with Crippen LogP contribution in [0.25, 0.3) is 0 Å². The zero-order chi connectivity index (χ0) is 15.5. The molecule has 110 valence electrons. The summed E-state index contributed by atoms with van der Waals surface area (Å²) in [4.78, 5) is 3.72. The van der Waals surface area contributed by atoms with Gasteiger partial charge in [0.1, 0.15) is 5.75 Å². The van der Waals surface area contributed by atoms with Crippen molar-refractivity contribution >= 4 is 11.5 Å². The summed E-state index contributed by atoms with van der Waals surface area (Å²) in [7, 11) is 0.500. The van der Waals surface area contributed by atoms with Gasteiger partial charge >= 0.3 is 0 Å². The van der Waals surface area contributed by atoms with E-state index in [1.165, 1.54) is 12.3 Å². The van der Waals surface area contributed by atoms with E-state index in [0.717, 1.165) is 0 Å². The smallest absolute Gasteiger partial charge is 0.201 e. The SMILES string of the molecule is CC.CF.Nc1ccc(Oc2ccnc(N)c2O)cc1. The molecule has 0 unspecified atom stereocenters. The van der Waals surface area contributed by atoms with E-state index in [1.807, 2.05) is 13.8 Å². The van der Waals surface area contributed by atoms with Gasteiger partial charge in [-0.25, -0.2) is 4.98 Å². The highest BCUT2D eigenvalue weighted by atomic mass is 19.1. The van der Waals surface area contributed by atoms with Gasteiger partial charge in [0.2, 0.25) is 5.75 Å². The standard InChI is InChI=1S/C11H11N3O2.C2H6.CH3F/c12-7-1-3-8(4-2-7)16-9-5-6-14-11(13)10(9)15;2*1-2/h1-6,15H,12H2,(H2,13,14);1-2H3;1H3. The van der Waals surface area contributed by atoms with Crippen molar-refractivity contribution in [1.29, 1.82) is 0 Å². The number of nitrogens with zero attached hydrogens (tertiary/aromatic N) is 1. The summed E-state index contributed by atoms with van der Waals surface area (Å²) in [6, 6.07) is 8.34. The molecule has 0 amide bonds. The minimum atomic E-state index is -0.167. The second kappa shape index (κ2) is 9.43. The summed E-state index contributed by atoms with van der Waals surface area (Å²) in [6.45, 7) is 4.00. The Morgan fingerprint density at radius 1 is 1.05 bits per heavy atom. The summed E-state index contributed by atoms with van der Waals surface area (Å²) in [5.74, 6) is 0.694. The Balaban J connectivity index is 0.000000829. The zero-order valence-corrected chi connectivity index (χ0v) is 11.8. The van der Waals surface area contributed by atoms with Gasteiger partial charge in [-0.15, -0.1) is 0 Å². The lowest BCUT2D eigenvalue weighted by atomic mass is 10.3. The maximum Gasteiger partial charge on any atom is 0.201 e. The number of alkyl halides is 1. The molecule has 2 rings (SSSR count). The molecule has 0 bridgehead atoms. The normalized spacial score (nSPS) is 8.60. The topological polar surface area (TPSA) is 94.4 Å². The fraction of sp³-hybridized carbons (Fsp3) is 0.214. The third-order valence-electron chi connectivity index (χ3n) is 2.02. The monoisotopic (exact) mass is 281 g/mol. The molecule has 6 heteroatoms. The van der Waals surface area contributed by atoms with Crippen molar-refractivity contribution in [1.82, 2.24) is 4.98 Å². The maximum absolute atomic E-state index is 9.58. The van der Waals surface area contributed by atoms with Gasteiger partial charge in [-0.1, -0.05) is 13.8 Å². The summed E-state index contributed by atoms with van der Waals surface area (Å²) in [5.41, 5.74) is 11.6. The van der Waals surface area contributed by atoms with Gasteiger partial charge in [0, 0.05) is 18.0 Å². The molecule has 0 saturated heterocycles. The first-order chi connectivity index (χ1) is 9.66. The van der Waals surface area contributed by atoms with E-state index in [0.29, 0.717) is 18.6 Å². The molecular formula is C14H20FN3O2. The number of hydrogen-bond acceptors (Lipinski definition) is 5. The van der Waals surface area contributed by atoms with Crippen LogP contribution in [0.15, 0.2) is 36.5 Å². The van der Waals surface area contributed by atoms with E-state index >= 15 is 0 Å². The molecule has 0 radical (unpaired) electrons. The van der Waals surface area contributed by atoms with Crippen molar-refractivity contribution in [2.75, 3.05) is 18.6 Å². The molecule has 1 aromatic heterocycles. The van der Waals surface area contributed by atoms with Crippen LogP contribution in [0.5, 0.6) is 17.2 Å². The van der Waals surface area contributed by atoms with Crippen molar-refractivity contribution in [3.05, 3.63) is 36.5 Å². The third-order valence-corrected chi connectivity index (χ3v) is 2.02. The number of hydrogen-bond donors (Lipinski definition) is 3. The van der Waals surface area contributed by atoms with Crippen LogP contribution < -0.4 is 16.2 Å². The number of benzene rings is 1. The minimum Gasteiger partial charge on any atom is -0.502 e. The van der Waals surface area contributed by atoms with Gasteiger partial charge < -0.3 is 21.3 Å². The van der Waals surface area contributed by atoms with Gasteiger partial charge in [0.25, 0.3) is 0 Å². The average Bonchev–Trinajstić information content (AvgIpc) is 2.50. The molecule has 0 fully saturated rings. The van der Waals surface area contributed by atoms with Crippen molar-refractivity contribution in [3.8, 4) is 17.2 Å². The first-order valence-electron chi connectivity index (χ1n) is 6.01. The van der Waals surface area contributed by atoms with E-state index < -0.39 is 0 Å². The zero-order valence-electron chi connectivity index (χ0n) is 11.8. The molecule has 0 saturated carbocycles. The Hall–Kier alpha value is -2.50. The van der Waals surface area contributed by atoms with Crippen molar-refractivity contribution in [2.45, 2.75) is 13.8 Å². The van der Waals surface area contributed by atoms with Crippen molar-refractivity contribution in [2.24, 2.45) is 0 Å². The molecule has 0 aliphatic rings. The molecule has 0 atom stereocenters. The first-order valence-corrected chi connectivity index (χ1v) is 6.01.